The monoisotopic (exact) mass is 393 g/mol. The van der Waals surface area contributed by atoms with Gasteiger partial charge < -0.3 is 14.6 Å². The predicted octanol–water partition coefficient (Wildman–Crippen LogP) is 4.83. The van der Waals surface area contributed by atoms with E-state index in [9.17, 15) is 13.2 Å². The van der Waals surface area contributed by atoms with E-state index in [1.807, 2.05) is 32.3 Å². The number of hydrogen-bond donors (Lipinski definition) is 1. The fourth-order valence-corrected chi connectivity index (χ4v) is 2.70. The van der Waals surface area contributed by atoms with Crippen LogP contribution in [0.15, 0.2) is 30.6 Å². The van der Waals surface area contributed by atoms with Crippen LogP contribution < -0.4 is 10.1 Å². The largest absolute Gasteiger partial charge is 0.461 e. The highest BCUT2D eigenvalue weighted by Crippen LogP contribution is 2.30. The number of rotatable bonds is 6. The van der Waals surface area contributed by atoms with Crippen molar-refractivity contribution in [1.82, 2.24) is 19.5 Å². The van der Waals surface area contributed by atoms with Gasteiger partial charge in [0.15, 0.2) is 17.0 Å². The first-order valence-electron chi connectivity index (χ1n) is 8.96. The number of fused-ring (bicyclic) bond motifs is 1. The van der Waals surface area contributed by atoms with Gasteiger partial charge in [-0.3, -0.25) is 0 Å². The maximum absolute atomic E-state index is 12.9. The van der Waals surface area contributed by atoms with E-state index in [4.69, 9.17) is 4.74 Å². The molecule has 0 aliphatic carbocycles. The molecule has 1 aromatic carbocycles. The molecular formula is C19H22F3N5O. The molecule has 0 unspecified atom stereocenters. The first kappa shape index (κ1) is 19.9. The van der Waals surface area contributed by atoms with Crippen LogP contribution in [-0.2, 0) is 12.7 Å². The first-order valence-corrected chi connectivity index (χ1v) is 8.96. The molecule has 0 saturated heterocycles. The Hall–Kier alpha value is -2.84. The van der Waals surface area contributed by atoms with Crippen molar-refractivity contribution < 1.29 is 17.9 Å². The van der Waals surface area contributed by atoms with E-state index in [0.29, 0.717) is 22.5 Å². The summed E-state index contributed by atoms with van der Waals surface area (Å²) in [5.41, 5.74) is 0.938. The third-order valence-corrected chi connectivity index (χ3v) is 4.01. The van der Waals surface area contributed by atoms with Gasteiger partial charge in [0.05, 0.1) is 18.0 Å². The predicted molar refractivity (Wildman–Crippen MR) is 100 cm³/mol. The van der Waals surface area contributed by atoms with Crippen LogP contribution in [-0.4, -0.2) is 25.6 Å². The standard InChI is InChI=1S/C19H22F3N5O/c1-11(2)27-10-24-15-16(25-18(26-17(15)27)28-12(3)4)23-9-13-6-5-7-14(8-13)19(20,21)22/h5-8,10-12H,9H2,1-4H3,(H,23,25,26). The smallest absolute Gasteiger partial charge is 0.416 e. The fourth-order valence-electron chi connectivity index (χ4n) is 2.70. The van der Waals surface area contributed by atoms with Crippen molar-refractivity contribution in [2.24, 2.45) is 0 Å². The van der Waals surface area contributed by atoms with E-state index in [1.165, 1.54) is 6.07 Å². The molecule has 0 radical (unpaired) electrons. The Kier molecular flexibility index (Phi) is 5.44. The lowest BCUT2D eigenvalue weighted by molar-refractivity contribution is -0.137. The number of aromatic nitrogens is 4. The number of anilines is 1. The highest BCUT2D eigenvalue weighted by molar-refractivity contribution is 5.83. The number of imidazole rings is 1. The van der Waals surface area contributed by atoms with E-state index in [2.05, 4.69) is 20.3 Å². The Labute approximate surface area is 160 Å². The van der Waals surface area contributed by atoms with Crippen molar-refractivity contribution in [2.45, 2.75) is 52.6 Å². The lowest BCUT2D eigenvalue weighted by Gasteiger charge is -2.13. The summed E-state index contributed by atoms with van der Waals surface area (Å²) in [7, 11) is 0. The normalized spacial score (nSPS) is 12.2. The molecule has 28 heavy (non-hydrogen) atoms. The summed E-state index contributed by atoms with van der Waals surface area (Å²) in [4.78, 5) is 13.2. The van der Waals surface area contributed by atoms with Crippen molar-refractivity contribution in [1.29, 1.82) is 0 Å². The molecule has 0 saturated carbocycles. The maximum atomic E-state index is 12.9. The molecule has 150 valence electrons. The van der Waals surface area contributed by atoms with Gasteiger partial charge in [0, 0.05) is 12.6 Å². The third kappa shape index (κ3) is 4.35. The average molecular weight is 393 g/mol. The van der Waals surface area contributed by atoms with Crippen molar-refractivity contribution in [3.05, 3.63) is 41.7 Å². The van der Waals surface area contributed by atoms with Crippen molar-refractivity contribution in [2.75, 3.05) is 5.32 Å². The van der Waals surface area contributed by atoms with Crippen LogP contribution in [0.25, 0.3) is 11.2 Å². The van der Waals surface area contributed by atoms with E-state index in [-0.39, 0.29) is 24.7 Å². The molecule has 0 fully saturated rings. The number of halogens is 3. The summed E-state index contributed by atoms with van der Waals surface area (Å²) in [6.07, 6.45) is -2.84. The van der Waals surface area contributed by atoms with Gasteiger partial charge in [0.25, 0.3) is 0 Å². The Bertz CT molecular complexity index is 966. The fraction of sp³-hybridized carbons (Fsp3) is 0.421. The van der Waals surface area contributed by atoms with Gasteiger partial charge in [-0.05, 0) is 45.4 Å². The minimum Gasteiger partial charge on any atom is -0.461 e. The summed E-state index contributed by atoms with van der Waals surface area (Å²) < 4.78 is 46.3. The zero-order chi connectivity index (χ0) is 20.5. The van der Waals surface area contributed by atoms with Crippen LogP contribution in [0.4, 0.5) is 19.0 Å². The molecule has 0 bridgehead atoms. The van der Waals surface area contributed by atoms with Crippen LogP contribution >= 0.6 is 0 Å². The van der Waals surface area contributed by atoms with Crippen LogP contribution in [0, 0.1) is 0 Å². The molecule has 2 heterocycles. The van der Waals surface area contributed by atoms with E-state index < -0.39 is 11.7 Å². The number of ether oxygens (including phenoxy) is 1. The van der Waals surface area contributed by atoms with Crippen molar-refractivity contribution in [3.63, 3.8) is 0 Å². The number of benzene rings is 1. The van der Waals surface area contributed by atoms with Gasteiger partial charge in [-0.15, -0.1) is 0 Å². The Balaban J connectivity index is 1.94. The average Bonchev–Trinajstić information content (AvgIpc) is 3.03. The van der Waals surface area contributed by atoms with Gasteiger partial charge in [-0.25, -0.2) is 4.98 Å². The Morgan fingerprint density at radius 3 is 2.54 bits per heavy atom. The van der Waals surface area contributed by atoms with Crippen molar-refractivity contribution >= 4 is 17.0 Å². The van der Waals surface area contributed by atoms with Gasteiger partial charge in [0.1, 0.15) is 0 Å². The van der Waals surface area contributed by atoms with Gasteiger partial charge in [0.2, 0.25) is 0 Å². The molecule has 0 aliphatic heterocycles. The molecule has 2 aromatic heterocycles. The Morgan fingerprint density at radius 1 is 1.14 bits per heavy atom. The summed E-state index contributed by atoms with van der Waals surface area (Å²) in [5.74, 6) is 0.414. The highest BCUT2D eigenvalue weighted by Gasteiger charge is 2.30. The van der Waals surface area contributed by atoms with Crippen LogP contribution in [0.5, 0.6) is 6.01 Å². The van der Waals surface area contributed by atoms with Gasteiger partial charge in [-0.2, -0.15) is 23.1 Å². The minimum atomic E-state index is -4.38. The summed E-state index contributed by atoms with van der Waals surface area (Å²) in [5, 5.41) is 3.07. The number of hydrogen-bond acceptors (Lipinski definition) is 5. The molecule has 0 amide bonds. The van der Waals surface area contributed by atoms with E-state index >= 15 is 0 Å². The number of alkyl halides is 3. The van der Waals surface area contributed by atoms with Gasteiger partial charge >= 0.3 is 12.2 Å². The molecule has 6 nitrogen and oxygen atoms in total. The van der Waals surface area contributed by atoms with Gasteiger partial charge in [-0.1, -0.05) is 12.1 Å². The van der Waals surface area contributed by atoms with Crippen LogP contribution in [0.2, 0.25) is 0 Å². The maximum Gasteiger partial charge on any atom is 0.416 e. The lowest BCUT2D eigenvalue weighted by atomic mass is 10.1. The topological polar surface area (TPSA) is 64.9 Å². The van der Waals surface area contributed by atoms with Crippen LogP contribution in [0.3, 0.4) is 0 Å². The third-order valence-electron chi connectivity index (χ3n) is 4.01. The molecule has 0 atom stereocenters. The second-order valence-electron chi connectivity index (χ2n) is 6.99. The second kappa shape index (κ2) is 7.65. The summed E-state index contributed by atoms with van der Waals surface area (Å²) in [6.45, 7) is 7.89. The Morgan fingerprint density at radius 2 is 1.89 bits per heavy atom. The summed E-state index contributed by atoms with van der Waals surface area (Å²) >= 11 is 0. The molecular weight excluding hydrogens is 371 g/mol. The first-order chi connectivity index (χ1) is 13.1. The number of nitrogens with zero attached hydrogens (tertiary/aromatic N) is 4. The lowest BCUT2D eigenvalue weighted by Crippen LogP contribution is -2.12. The molecule has 0 aliphatic rings. The minimum absolute atomic E-state index is 0.121. The SMILES string of the molecule is CC(C)Oc1nc(NCc2cccc(C(F)(F)F)c2)c2ncn(C(C)C)c2n1. The number of nitrogens with one attached hydrogen (secondary N) is 1. The van der Waals surface area contributed by atoms with E-state index in [0.717, 1.165) is 12.1 Å². The molecule has 0 spiro atoms. The molecule has 3 rings (SSSR count). The second-order valence-corrected chi connectivity index (χ2v) is 6.99. The van der Waals surface area contributed by atoms with Crippen LogP contribution in [0.1, 0.15) is 44.9 Å². The molecule has 9 heteroatoms. The molecule has 1 N–H and O–H groups in total. The zero-order valence-corrected chi connectivity index (χ0v) is 16.1. The highest BCUT2D eigenvalue weighted by atomic mass is 19.4. The molecule has 3 aromatic rings. The summed E-state index contributed by atoms with van der Waals surface area (Å²) in [6, 6.07) is 5.49. The quantitative estimate of drug-likeness (QED) is 0.650. The van der Waals surface area contributed by atoms with Crippen molar-refractivity contribution in [3.8, 4) is 6.01 Å². The van der Waals surface area contributed by atoms with E-state index in [1.54, 1.807) is 12.4 Å². The zero-order valence-electron chi connectivity index (χ0n) is 16.1.